The zero-order valence-electron chi connectivity index (χ0n) is 9.43. The normalized spacial score (nSPS) is 10.9. The smallest absolute Gasteiger partial charge is 0.327 e. The third kappa shape index (κ3) is 4.85. The van der Waals surface area contributed by atoms with E-state index in [1.807, 2.05) is 30.3 Å². The summed E-state index contributed by atoms with van der Waals surface area (Å²) < 4.78 is 0. The van der Waals surface area contributed by atoms with E-state index in [0.29, 0.717) is 0 Å². The summed E-state index contributed by atoms with van der Waals surface area (Å²) in [6, 6.07) is 8.30. The Morgan fingerprint density at radius 2 is 2.00 bits per heavy atom. The molecule has 0 heterocycles. The zero-order valence-corrected chi connectivity index (χ0v) is 9.43. The summed E-state index contributed by atoms with van der Waals surface area (Å²) in [5, 5.41) is 11.2. The highest BCUT2D eigenvalue weighted by atomic mass is 16.4. The molecule has 4 nitrogen and oxygen atoms in total. The molecule has 4 heteroatoms. The lowest BCUT2D eigenvalue weighted by atomic mass is 10.2. The number of hydrogen-bond donors (Lipinski definition) is 2. The van der Waals surface area contributed by atoms with Crippen LogP contribution in [0, 0.1) is 11.8 Å². The number of benzene rings is 1. The van der Waals surface area contributed by atoms with Crippen molar-refractivity contribution in [2.45, 2.75) is 19.4 Å². The molecule has 1 rings (SSSR count). The van der Waals surface area contributed by atoms with E-state index in [1.54, 1.807) is 0 Å². The van der Waals surface area contributed by atoms with Crippen LogP contribution < -0.4 is 5.32 Å². The first-order valence-corrected chi connectivity index (χ1v) is 5.13. The predicted octanol–water partition coefficient (Wildman–Crippen LogP) is 1.02. The van der Waals surface area contributed by atoms with E-state index in [0.717, 1.165) is 5.56 Å². The van der Waals surface area contributed by atoms with Crippen molar-refractivity contribution in [2.75, 3.05) is 0 Å². The Morgan fingerprint density at radius 3 is 2.53 bits per heavy atom. The maximum absolute atomic E-state index is 10.8. The predicted molar refractivity (Wildman–Crippen MR) is 63.2 cm³/mol. The van der Waals surface area contributed by atoms with Crippen molar-refractivity contribution in [2.24, 2.45) is 0 Å². The lowest BCUT2D eigenvalue weighted by Gasteiger charge is -2.08. The number of carbonyl (C=O) groups excluding carboxylic acids is 1. The molecule has 0 aromatic heterocycles. The number of carboxylic acids is 1. The first-order chi connectivity index (χ1) is 8.09. The Kier molecular flexibility index (Phi) is 4.77. The van der Waals surface area contributed by atoms with Crippen LogP contribution in [0.2, 0.25) is 0 Å². The molecule has 1 aromatic carbocycles. The molecule has 0 aliphatic carbocycles. The van der Waals surface area contributed by atoms with Crippen LogP contribution in [-0.2, 0) is 9.59 Å². The van der Waals surface area contributed by atoms with Crippen molar-refractivity contribution in [3.05, 3.63) is 35.9 Å². The molecule has 1 atom stereocenters. The van der Waals surface area contributed by atoms with Gasteiger partial charge in [-0.25, -0.2) is 4.79 Å². The molecule has 0 saturated carbocycles. The van der Waals surface area contributed by atoms with E-state index >= 15 is 0 Å². The molecule has 1 aromatic rings. The monoisotopic (exact) mass is 231 g/mol. The van der Waals surface area contributed by atoms with Gasteiger partial charge in [-0.05, 0) is 12.1 Å². The summed E-state index contributed by atoms with van der Waals surface area (Å²) in [6.07, 6.45) is 0.0871. The molecule has 17 heavy (non-hydrogen) atoms. The zero-order chi connectivity index (χ0) is 12.7. The van der Waals surface area contributed by atoms with Crippen LogP contribution in [-0.4, -0.2) is 23.0 Å². The molecular formula is C13H13NO3. The van der Waals surface area contributed by atoms with Gasteiger partial charge in [0.25, 0.3) is 0 Å². The maximum Gasteiger partial charge on any atom is 0.327 e. The Bertz CT molecular complexity index is 457. The molecule has 1 amide bonds. The summed E-state index contributed by atoms with van der Waals surface area (Å²) >= 11 is 0. The number of amides is 1. The minimum atomic E-state index is -1.08. The number of aliphatic carboxylic acids is 1. The third-order valence-electron chi connectivity index (χ3n) is 1.99. The van der Waals surface area contributed by atoms with Crippen LogP contribution in [0.1, 0.15) is 18.9 Å². The van der Waals surface area contributed by atoms with Gasteiger partial charge in [0.1, 0.15) is 6.04 Å². The molecule has 88 valence electrons. The van der Waals surface area contributed by atoms with Gasteiger partial charge in [0.15, 0.2) is 0 Å². The molecule has 0 radical (unpaired) electrons. The highest BCUT2D eigenvalue weighted by Gasteiger charge is 2.16. The summed E-state index contributed by atoms with van der Waals surface area (Å²) in [4.78, 5) is 21.6. The fourth-order valence-electron chi connectivity index (χ4n) is 1.22. The van der Waals surface area contributed by atoms with Crippen molar-refractivity contribution in [3.8, 4) is 11.8 Å². The summed E-state index contributed by atoms with van der Waals surface area (Å²) in [5.41, 5.74) is 0.819. The minimum absolute atomic E-state index is 0.0871. The SMILES string of the molecule is CC(=O)NC(CC#Cc1ccccc1)C(=O)O. The van der Waals surface area contributed by atoms with Crippen LogP contribution in [0.4, 0.5) is 0 Å². The Labute approximate surface area is 99.7 Å². The van der Waals surface area contributed by atoms with Crippen molar-refractivity contribution >= 4 is 11.9 Å². The number of nitrogens with one attached hydrogen (secondary N) is 1. The second-order valence-corrected chi connectivity index (χ2v) is 3.46. The molecule has 0 aliphatic rings. The molecule has 0 saturated heterocycles. The second kappa shape index (κ2) is 6.33. The van der Waals surface area contributed by atoms with Crippen molar-refractivity contribution < 1.29 is 14.7 Å². The van der Waals surface area contributed by atoms with Crippen molar-refractivity contribution in [1.29, 1.82) is 0 Å². The first kappa shape index (κ1) is 12.8. The lowest BCUT2D eigenvalue weighted by Crippen LogP contribution is -2.39. The first-order valence-electron chi connectivity index (χ1n) is 5.13. The van der Waals surface area contributed by atoms with Gasteiger partial charge in [-0.1, -0.05) is 30.0 Å². The largest absolute Gasteiger partial charge is 0.480 e. The number of carboxylic acid groups (broad SMARTS) is 1. The highest BCUT2D eigenvalue weighted by Crippen LogP contribution is 1.96. The standard InChI is InChI=1S/C13H13NO3/c1-10(15)14-12(13(16)17)9-5-8-11-6-3-2-4-7-11/h2-4,6-7,12H,9H2,1H3,(H,14,15)(H,16,17). The van der Waals surface area contributed by atoms with Gasteiger partial charge in [-0.2, -0.15) is 0 Å². The number of hydrogen-bond acceptors (Lipinski definition) is 2. The summed E-state index contributed by atoms with van der Waals surface area (Å²) in [6.45, 7) is 1.28. The van der Waals surface area contributed by atoms with Gasteiger partial charge in [0.05, 0.1) is 0 Å². The van der Waals surface area contributed by atoms with Gasteiger partial charge in [-0.3, -0.25) is 4.79 Å². The topological polar surface area (TPSA) is 66.4 Å². The average molecular weight is 231 g/mol. The average Bonchev–Trinajstić information content (AvgIpc) is 2.28. The van der Waals surface area contributed by atoms with Crippen LogP contribution in [0.25, 0.3) is 0 Å². The Balaban J connectivity index is 2.61. The fourth-order valence-corrected chi connectivity index (χ4v) is 1.22. The van der Waals surface area contributed by atoms with Crippen molar-refractivity contribution in [1.82, 2.24) is 5.32 Å². The fraction of sp³-hybridized carbons (Fsp3) is 0.231. The van der Waals surface area contributed by atoms with Crippen LogP contribution >= 0.6 is 0 Å². The van der Waals surface area contributed by atoms with E-state index in [9.17, 15) is 9.59 Å². The van der Waals surface area contributed by atoms with Gasteiger partial charge >= 0.3 is 5.97 Å². The van der Waals surface area contributed by atoms with Gasteiger partial charge in [0.2, 0.25) is 5.91 Å². The molecule has 0 spiro atoms. The maximum atomic E-state index is 10.8. The molecular weight excluding hydrogens is 218 g/mol. The molecule has 0 fully saturated rings. The van der Waals surface area contributed by atoms with Crippen LogP contribution in [0.15, 0.2) is 30.3 Å². The second-order valence-electron chi connectivity index (χ2n) is 3.46. The quantitative estimate of drug-likeness (QED) is 0.763. The van der Waals surface area contributed by atoms with Crippen molar-refractivity contribution in [3.63, 3.8) is 0 Å². The van der Waals surface area contributed by atoms with Crippen LogP contribution in [0.3, 0.4) is 0 Å². The van der Waals surface area contributed by atoms with Crippen LogP contribution in [0.5, 0.6) is 0 Å². The van der Waals surface area contributed by atoms with Gasteiger partial charge in [0, 0.05) is 18.9 Å². The number of carbonyl (C=O) groups is 2. The molecule has 1 unspecified atom stereocenters. The third-order valence-corrected chi connectivity index (χ3v) is 1.99. The van der Waals surface area contributed by atoms with E-state index in [1.165, 1.54) is 6.92 Å². The molecule has 0 bridgehead atoms. The summed E-state index contributed by atoms with van der Waals surface area (Å²) in [7, 11) is 0. The van der Waals surface area contributed by atoms with Gasteiger partial charge < -0.3 is 10.4 Å². The van der Waals surface area contributed by atoms with E-state index in [2.05, 4.69) is 17.2 Å². The number of rotatable bonds is 3. The molecule has 2 N–H and O–H groups in total. The Morgan fingerprint density at radius 1 is 1.35 bits per heavy atom. The molecule has 0 aliphatic heterocycles. The van der Waals surface area contributed by atoms with E-state index < -0.39 is 12.0 Å². The van der Waals surface area contributed by atoms with E-state index in [4.69, 9.17) is 5.11 Å². The Hall–Kier alpha value is -2.28. The minimum Gasteiger partial charge on any atom is -0.480 e. The summed E-state index contributed by atoms with van der Waals surface area (Å²) in [5.74, 6) is 4.12. The lowest BCUT2D eigenvalue weighted by molar-refractivity contribution is -0.141. The van der Waals surface area contributed by atoms with E-state index in [-0.39, 0.29) is 12.3 Å². The van der Waals surface area contributed by atoms with Gasteiger partial charge in [-0.15, -0.1) is 0 Å². The highest BCUT2D eigenvalue weighted by molar-refractivity contribution is 5.82.